The van der Waals surface area contributed by atoms with Gasteiger partial charge >= 0.3 is 0 Å². The number of methoxy groups -OCH3 is 1. The third kappa shape index (κ3) is 3.38. The monoisotopic (exact) mass is 210 g/mol. The van der Waals surface area contributed by atoms with Gasteiger partial charge in [0.25, 0.3) is 0 Å². The summed E-state index contributed by atoms with van der Waals surface area (Å²) < 4.78 is 5.05. The molecule has 0 aliphatic rings. The number of aromatic nitrogens is 1. The molecule has 0 unspecified atom stereocenters. The molecule has 1 rings (SSSR count). The first-order valence-corrected chi connectivity index (χ1v) is 4.98. The van der Waals surface area contributed by atoms with Gasteiger partial charge in [-0.3, -0.25) is 0 Å². The lowest BCUT2D eigenvalue weighted by Crippen LogP contribution is -2.27. The summed E-state index contributed by atoms with van der Waals surface area (Å²) in [6, 6.07) is 3.87. The van der Waals surface area contributed by atoms with E-state index in [0.29, 0.717) is 12.4 Å². The quantitative estimate of drug-likeness (QED) is 0.538. The van der Waals surface area contributed by atoms with Crippen LogP contribution in [0, 0.1) is 0 Å². The van der Waals surface area contributed by atoms with Gasteiger partial charge in [0.1, 0.15) is 5.82 Å². The molecule has 0 aromatic carbocycles. The maximum absolute atomic E-state index is 5.30. The van der Waals surface area contributed by atoms with Crippen LogP contribution in [0.5, 0.6) is 0 Å². The first-order chi connectivity index (χ1) is 7.31. The Morgan fingerprint density at radius 1 is 1.60 bits per heavy atom. The molecule has 1 aromatic heterocycles. The van der Waals surface area contributed by atoms with Gasteiger partial charge in [-0.05, 0) is 13.0 Å². The number of ether oxygens (including phenoxy) is 1. The van der Waals surface area contributed by atoms with Gasteiger partial charge < -0.3 is 15.1 Å². The van der Waals surface area contributed by atoms with Gasteiger partial charge in [-0.15, -0.1) is 0 Å². The Bertz CT molecular complexity index is 293. The number of likely N-dealkylation sites (N-methyl/N-ethyl adjacent to an activating group) is 1. The number of anilines is 2. The molecule has 0 atom stereocenters. The van der Waals surface area contributed by atoms with Crippen molar-refractivity contribution < 1.29 is 4.74 Å². The van der Waals surface area contributed by atoms with Gasteiger partial charge in [0.05, 0.1) is 6.61 Å². The summed E-state index contributed by atoms with van der Waals surface area (Å²) in [5, 5.41) is 0. The van der Waals surface area contributed by atoms with Gasteiger partial charge in [-0.25, -0.2) is 10.8 Å². The van der Waals surface area contributed by atoms with Crippen LogP contribution in [0.2, 0.25) is 0 Å². The summed E-state index contributed by atoms with van der Waals surface area (Å²) in [5.41, 5.74) is 3.63. The topological polar surface area (TPSA) is 63.4 Å². The molecular weight excluding hydrogens is 192 g/mol. The van der Waals surface area contributed by atoms with Crippen LogP contribution in [0.15, 0.2) is 18.3 Å². The number of rotatable bonds is 6. The van der Waals surface area contributed by atoms with Crippen LogP contribution in [0.25, 0.3) is 0 Å². The number of nitrogens with zero attached hydrogens (tertiary/aromatic N) is 2. The third-order valence-electron chi connectivity index (χ3n) is 2.20. The largest absolute Gasteiger partial charge is 0.383 e. The average molecular weight is 210 g/mol. The highest BCUT2D eigenvalue weighted by Gasteiger charge is 2.04. The molecule has 5 nitrogen and oxygen atoms in total. The molecule has 0 spiro atoms. The Kier molecular flexibility index (Phi) is 4.86. The highest BCUT2D eigenvalue weighted by molar-refractivity contribution is 5.53. The van der Waals surface area contributed by atoms with Crippen molar-refractivity contribution in [2.24, 2.45) is 5.84 Å². The van der Waals surface area contributed by atoms with Crippen LogP contribution < -0.4 is 16.2 Å². The summed E-state index contributed by atoms with van der Waals surface area (Å²) in [5.74, 6) is 5.97. The van der Waals surface area contributed by atoms with Gasteiger partial charge in [0.2, 0.25) is 0 Å². The van der Waals surface area contributed by atoms with Crippen molar-refractivity contribution in [1.29, 1.82) is 0 Å². The Morgan fingerprint density at radius 2 is 2.40 bits per heavy atom. The van der Waals surface area contributed by atoms with Gasteiger partial charge in [-0.1, -0.05) is 0 Å². The number of hydrogen-bond donors (Lipinski definition) is 2. The number of pyridine rings is 1. The Labute approximate surface area is 90.2 Å². The minimum Gasteiger partial charge on any atom is -0.383 e. The van der Waals surface area contributed by atoms with Crippen LogP contribution >= 0.6 is 0 Å². The van der Waals surface area contributed by atoms with Crippen molar-refractivity contribution in [3.05, 3.63) is 18.3 Å². The molecule has 0 aliphatic heterocycles. The van der Waals surface area contributed by atoms with E-state index in [-0.39, 0.29) is 0 Å². The van der Waals surface area contributed by atoms with Crippen LogP contribution in [-0.2, 0) is 4.74 Å². The van der Waals surface area contributed by atoms with Crippen LogP contribution in [0.1, 0.15) is 6.92 Å². The second kappa shape index (κ2) is 6.21. The maximum atomic E-state index is 5.30. The van der Waals surface area contributed by atoms with E-state index in [9.17, 15) is 0 Å². The van der Waals surface area contributed by atoms with E-state index < -0.39 is 0 Å². The molecular formula is C10H18N4O. The highest BCUT2D eigenvalue weighted by Crippen LogP contribution is 2.15. The molecule has 5 heteroatoms. The lowest BCUT2D eigenvalue weighted by Gasteiger charge is -2.22. The number of nitrogen functional groups attached to an aromatic ring is 1. The van der Waals surface area contributed by atoms with E-state index in [1.807, 2.05) is 12.1 Å². The van der Waals surface area contributed by atoms with Crippen molar-refractivity contribution in [3.8, 4) is 0 Å². The molecule has 3 N–H and O–H groups in total. The summed E-state index contributed by atoms with van der Waals surface area (Å²) in [4.78, 5) is 6.26. The van der Waals surface area contributed by atoms with Crippen LogP contribution in [0.4, 0.5) is 11.5 Å². The van der Waals surface area contributed by atoms with E-state index >= 15 is 0 Å². The molecule has 15 heavy (non-hydrogen) atoms. The number of nitrogens with one attached hydrogen (secondary N) is 1. The molecule has 0 fully saturated rings. The second-order valence-corrected chi connectivity index (χ2v) is 3.12. The fourth-order valence-corrected chi connectivity index (χ4v) is 1.37. The van der Waals surface area contributed by atoms with Crippen molar-refractivity contribution in [3.63, 3.8) is 0 Å². The second-order valence-electron chi connectivity index (χ2n) is 3.12. The van der Waals surface area contributed by atoms with E-state index in [2.05, 4.69) is 22.2 Å². The molecule has 1 aromatic rings. The fraction of sp³-hybridized carbons (Fsp3) is 0.500. The molecule has 0 saturated heterocycles. The number of hydrazine groups is 1. The summed E-state index contributed by atoms with van der Waals surface area (Å²) in [7, 11) is 1.70. The fourth-order valence-electron chi connectivity index (χ4n) is 1.37. The molecule has 0 aliphatic carbocycles. The van der Waals surface area contributed by atoms with E-state index in [1.54, 1.807) is 13.3 Å². The summed E-state index contributed by atoms with van der Waals surface area (Å²) in [6.07, 6.45) is 1.74. The van der Waals surface area contributed by atoms with Crippen molar-refractivity contribution in [2.75, 3.05) is 37.1 Å². The van der Waals surface area contributed by atoms with Crippen molar-refractivity contribution in [1.82, 2.24) is 4.98 Å². The van der Waals surface area contributed by atoms with Crippen LogP contribution in [0.3, 0.4) is 0 Å². The van der Waals surface area contributed by atoms with E-state index in [4.69, 9.17) is 10.6 Å². The molecule has 84 valence electrons. The van der Waals surface area contributed by atoms with Crippen LogP contribution in [-0.4, -0.2) is 31.8 Å². The molecule has 0 radical (unpaired) electrons. The lowest BCUT2D eigenvalue weighted by molar-refractivity contribution is 0.205. The maximum Gasteiger partial charge on any atom is 0.141 e. The van der Waals surface area contributed by atoms with Crippen molar-refractivity contribution >= 4 is 11.5 Å². The van der Waals surface area contributed by atoms with Crippen molar-refractivity contribution in [2.45, 2.75) is 6.92 Å². The standard InChI is InChI=1S/C10H18N4O/c1-3-14(6-7-15-2)9-4-5-12-10(8-9)13-11/h4-5,8H,3,6-7,11H2,1-2H3,(H,12,13). The Hall–Kier alpha value is -1.33. The van der Waals surface area contributed by atoms with Gasteiger partial charge in [0, 0.05) is 38.1 Å². The molecule has 0 bridgehead atoms. The normalized spacial score (nSPS) is 10.1. The van der Waals surface area contributed by atoms with Gasteiger partial charge in [0.15, 0.2) is 0 Å². The SMILES string of the molecule is CCN(CCOC)c1ccnc(NN)c1. The minimum atomic E-state index is 0.670. The minimum absolute atomic E-state index is 0.670. The Morgan fingerprint density at radius 3 is 3.00 bits per heavy atom. The average Bonchev–Trinajstić information content (AvgIpc) is 2.30. The number of nitrogens with two attached hydrogens (primary N) is 1. The predicted octanol–water partition coefficient (Wildman–Crippen LogP) is 0.840. The first-order valence-electron chi connectivity index (χ1n) is 4.98. The lowest BCUT2D eigenvalue weighted by atomic mass is 10.3. The third-order valence-corrected chi connectivity index (χ3v) is 2.20. The summed E-state index contributed by atoms with van der Waals surface area (Å²) in [6.45, 7) is 4.60. The zero-order valence-corrected chi connectivity index (χ0v) is 9.23. The Balaban J connectivity index is 2.72. The zero-order valence-electron chi connectivity index (χ0n) is 9.23. The van der Waals surface area contributed by atoms with E-state index in [1.165, 1.54) is 0 Å². The number of hydrogen-bond acceptors (Lipinski definition) is 5. The zero-order chi connectivity index (χ0) is 11.1. The smallest absolute Gasteiger partial charge is 0.141 e. The summed E-state index contributed by atoms with van der Waals surface area (Å²) >= 11 is 0. The highest BCUT2D eigenvalue weighted by atomic mass is 16.5. The first kappa shape index (κ1) is 11.7. The molecule has 0 saturated carbocycles. The van der Waals surface area contributed by atoms with Gasteiger partial charge in [-0.2, -0.15) is 0 Å². The molecule has 1 heterocycles. The predicted molar refractivity (Wildman–Crippen MR) is 61.8 cm³/mol. The van der Waals surface area contributed by atoms with E-state index in [0.717, 1.165) is 18.8 Å². The molecule has 0 amide bonds.